The molecule has 0 N–H and O–H groups in total. The van der Waals surface area contributed by atoms with E-state index in [4.69, 9.17) is 0 Å². The van der Waals surface area contributed by atoms with E-state index in [1.807, 2.05) is 13.8 Å². The Morgan fingerprint density at radius 3 is 2.46 bits per heavy atom. The first-order valence-corrected chi connectivity index (χ1v) is 9.24. The smallest absolute Gasteiger partial charge is 0.270 e. The molecule has 24 heavy (non-hydrogen) atoms. The first-order valence-electron chi connectivity index (χ1n) is 7.80. The van der Waals surface area contributed by atoms with Crippen LogP contribution in [0.25, 0.3) is 0 Å². The number of benzene rings is 1. The van der Waals surface area contributed by atoms with Gasteiger partial charge in [-0.25, -0.2) is 8.42 Å². The van der Waals surface area contributed by atoms with E-state index in [1.54, 1.807) is 4.90 Å². The number of piperazine rings is 1. The Kier molecular flexibility index (Phi) is 5.55. The average molecular weight is 355 g/mol. The first kappa shape index (κ1) is 18.3. The number of hydrogen-bond acceptors (Lipinski definition) is 5. The molecule has 1 aliphatic rings. The Labute approximate surface area is 141 Å². The number of non-ortho nitro benzene ring substituents is 1. The van der Waals surface area contributed by atoms with E-state index >= 15 is 0 Å². The van der Waals surface area contributed by atoms with Gasteiger partial charge >= 0.3 is 0 Å². The summed E-state index contributed by atoms with van der Waals surface area (Å²) < 4.78 is 26.5. The van der Waals surface area contributed by atoms with Gasteiger partial charge in [-0.05, 0) is 12.5 Å². The van der Waals surface area contributed by atoms with Crippen LogP contribution < -0.4 is 0 Å². The van der Waals surface area contributed by atoms with Crippen LogP contribution in [-0.4, -0.2) is 54.6 Å². The Hall–Kier alpha value is -2.00. The molecule has 0 saturated carbocycles. The minimum atomic E-state index is -3.80. The van der Waals surface area contributed by atoms with Crippen molar-refractivity contribution < 1.29 is 18.1 Å². The van der Waals surface area contributed by atoms with Crippen LogP contribution in [0.5, 0.6) is 0 Å². The summed E-state index contributed by atoms with van der Waals surface area (Å²) in [6.45, 7) is 4.83. The monoisotopic (exact) mass is 355 g/mol. The predicted octanol–water partition coefficient (Wildman–Crippen LogP) is 1.47. The summed E-state index contributed by atoms with van der Waals surface area (Å²) in [4.78, 5) is 23.9. The molecule has 0 aliphatic carbocycles. The van der Waals surface area contributed by atoms with Crippen molar-refractivity contribution in [3.8, 4) is 0 Å². The molecule has 0 spiro atoms. The van der Waals surface area contributed by atoms with Crippen molar-refractivity contribution in [2.24, 2.45) is 5.92 Å². The van der Waals surface area contributed by atoms with E-state index in [0.717, 1.165) is 12.5 Å². The molecule has 1 amide bonds. The normalized spacial score (nSPS) is 17.5. The number of hydrogen-bond donors (Lipinski definition) is 0. The molecule has 0 unspecified atom stereocenters. The zero-order valence-electron chi connectivity index (χ0n) is 13.7. The van der Waals surface area contributed by atoms with Gasteiger partial charge in [0, 0.05) is 44.2 Å². The van der Waals surface area contributed by atoms with Gasteiger partial charge in [-0.15, -0.1) is 0 Å². The number of nitrogens with zero attached hydrogens (tertiary/aromatic N) is 3. The van der Waals surface area contributed by atoms with Crippen molar-refractivity contribution in [1.29, 1.82) is 0 Å². The molecule has 8 nitrogen and oxygen atoms in total. The molecule has 1 fully saturated rings. The maximum Gasteiger partial charge on any atom is 0.270 e. The first-order chi connectivity index (χ1) is 11.3. The number of nitro benzene ring substituents is 1. The molecule has 9 heteroatoms. The fourth-order valence-corrected chi connectivity index (χ4v) is 4.00. The molecule has 1 aliphatic heterocycles. The summed E-state index contributed by atoms with van der Waals surface area (Å²) in [5.74, 6) is -0.0465. The maximum absolute atomic E-state index is 12.6. The van der Waals surface area contributed by atoms with Gasteiger partial charge in [0.05, 0.1) is 9.82 Å². The van der Waals surface area contributed by atoms with E-state index in [2.05, 4.69) is 0 Å². The van der Waals surface area contributed by atoms with Crippen LogP contribution in [-0.2, 0) is 14.8 Å². The molecule has 2 rings (SSSR count). The van der Waals surface area contributed by atoms with Crippen LogP contribution in [0.15, 0.2) is 29.2 Å². The molecule has 0 bridgehead atoms. The number of sulfonamides is 1. The zero-order chi connectivity index (χ0) is 17.9. The Morgan fingerprint density at radius 2 is 1.92 bits per heavy atom. The van der Waals surface area contributed by atoms with Crippen molar-refractivity contribution in [2.45, 2.75) is 25.2 Å². The lowest BCUT2D eigenvalue weighted by atomic mass is 10.1. The molecular weight excluding hydrogens is 334 g/mol. The molecule has 0 aromatic heterocycles. The molecule has 1 atom stereocenters. The Bertz CT molecular complexity index is 726. The van der Waals surface area contributed by atoms with Crippen LogP contribution in [0.3, 0.4) is 0 Å². The van der Waals surface area contributed by atoms with Crippen LogP contribution >= 0.6 is 0 Å². The molecular formula is C15H21N3O5S. The number of amides is 1. The van der Waals surface area contributed by atoms with Crippen molar-refractivity contribution in [3.63, 3.8) is 0 Å². The van der Waals surface area contributed by atoms with Crippen molar-refractivity contribution in [2.75, 3.05) is 26.2 Å². The molecule has 1 aromatic rings. The quantitative estimate of drug-likeness (QED) is 0.588. The minimum absolute atomic E-state index is 0.0323. The van der Waals surface area contributed by atoms with Gasteiger partial charge in [0.15, 0.2) is 0 Å². The standard InChI is InChI=1S/C15H21N3O5S/c1-3-12(2)15(19)16-7-9-17(10-8-16)24(22,23)14-6-4-5-13(11-14)18(20)21/h4-6,11-12H,3,7-10H2,1-2H3/t12-/m1/s1. The van der Waals surface area contributed by atoms with Crippen molar-refractivity contribution in [3.05, 3.63) is 34.4 Å². The fourth-order valence-electron chi connectivity index (χ4n) is 2.54. The summed E-state index contributed by atoms with van der Waals surface area (Å²) in [7, 11) is -3.80. The van der Waals surface area contributed by atoms with E-state index in [9.17, 15) is 23.3 Å². The van der Waals surface area contributed by atoms with E-state index in [-0.39, 0.29) is 35.5 Å². The lowest BCUT2D eigenvalue weighted by Gasteiger charge is -2.35. The summed E-state index contributed by atoms with van der Waals surface area (Å²) in [6.07, 6.45) is 0.741. The summed E-state index contributed by atoms with van der Waals surface area (Å²) in [6, 6.07) is 5.01. The highest BCUT2D eigenvalue weighted by atomic mass is 32.2. The Morgan fingerprint density at radius 1 is 1.29 bits per heavy atom. The maximum atomic E-state index is 12.6. The van der Waals surface area contributed by atoms with Crippen molar-refractivity contribution in [1.82, 2.24) is 9.21 Å². The van der Waals surface area contributed by atoms with Gasteiger partial charge in [-0.1, -0.05) is 19.9 Å². The highest BCUT2D eigenvalue weighted by molar-refractivity contribution is 7.89. The van der Waals surface area contributed by atoms with Gasteiger partial charge in [0.25, 0.3) is 5.69 Å². The zero-order valence-corrected chi connectivity index (χ0v) is 14.5. The van der Waals surface area contributed by atoms with Crippen LogP contribution in [0.4, 0.5) is 5.69 Å². The topological polar surface area (TPSA) is 101 Å². The lowest BCUT2D eigenvalue weighted by molar-refractivity contribution is -0.385. The number of nitro groups is 1. The van der Waals surface area contributed by atoms with E-state index in [0.29, 0.717) is 13.1 Å². The van der Waals surface area contributed by atoms with Gasteiger partial charge in [-0.3, -0.25) is 14.9 Å². The second-order valence-electron chi connectivity index (χ2n) is 5.79. The van der Waals surface area contributed by atoms with Gasteiger partial charge < -0.3 is 4.90 Å². The fraction of sp³-hybridized carbons (Fsp3) is 0.533. The SMILES string of the molecule is CC[C@@H](C)C(=O)N1CCN(S(=O)(=O)c2cccc([N+](=O)[O-])c2)CC1. The average Bonchev–Trinajstić information content (AvgIpc) is 2.60. The van der Waals surface area contributed by atoms with Crippen molar-refractivity contribution >= 4 is 21.6 Å². The van der Waals surface area contributed by atoms with Crippen LogP contribution in [0, 0.1) is 16.0 Å². The number of rotatable bonds is 5. The second kappa shape index (κ2) is 7.27. The molecule has 1 aromatic carbocycles. The third-order valence-electron chi connectivity index (χ3n) is 4.25. The Balaban J connectivity index is 2.12. The van der Waals surface area contributed by atoms with E-state index in [1.165, 1.54) is 22.5 Å². The minimum Gasteiger partial charge on any atom is -0.340 e. The third-order valence-corrected chi connectivity index (χ3v) is 6.15. The molecule has 0 radical (unpaired) electrons. The van der Waals surface area contributed by atoms with Crippen LogP contribution in [0.2, 0.25) is 0 Å². The summed E-state index contributed by atoms with van der Waals surface area (Å²) in [5, 5.41) is 10.8. The van der Waals surface area contributed by atoms with E-state index < -0.39 is 14.9 Å². The highest BCUT2D eigenvalue weighted by Crippen LogP contribution is 2.22. The van der Waals surface area contributed by atoms with Gasteiger partial charge in [0.2, 0.25) is 15.9 Å². The molecule has 1 saturated heterocycles. The summed E-state index contributed by atoms with van der Waals surface area (Å²) in [5.41, 5.74) is -0.262. The number of carbonyl (C=O) groups is 1. The lowest BCUT2D eigenvalue weighted by Crippen LogP contribution is -2.51. The third kappa shape index (κ3) is 3.73. The molecule has 132 valence electrons. The number of carbonyl (C=O) groups excluding carboxylic acids is 1. The van der Waals surface area contributed by atoms with Crippen LogP contribution in [0.1, 0.15) is 20.3 Å². The molecule has 1 heterocycles. The second-order valence-corrected chi connectivity index (χ2v) is 7.73. The predicted molar refractivity (Wildman–Crippen MR) is 87.9 cm³/mol. The highest BCUT2D eigenvalue weighted by Gasteiger charge is 2.31. The van der Waals surface area contributed by atoms with Gasteiger partial charge in [0.1, 0.15) is 0 Å². The summed E-state index contributed by atoms with van der Waals surface area (Å²) >= 11 is 0. The largest absolute Gasteiger partial charge is 0.340 e. The van der Waals surface area contributed by atoms with Gasteiger partial charge in [-0.2, -0.15) is 4.31 Å².